The first-order valence-corrected chi connectivity index (χ1v) is 6.69. The third kappa shape index (κ3) is 4.81. The molecular weight excluding hydrogens is 202 g/mol. The molecule has 3 nitrogen and oxygen atoms in total. The lowest BCUT2D eigenvalue weighted by molar-refractivity contribution is -0.0619. The van der Waals surface area contributed by atoms with Gasteiger partial charge in [0.25, 0.3) is 0 Å². The third-order valence-electron chi connectivity index (χ3n) is 3.29. The summed E-state index contributed by atoms with van der Waals surface area (Å²) in [7, 11) is 2.00. The summed E-state index contributed by atoms with van der Waals surface area (Å²) in [6.07, 6.45) is 7.36. The number of unbranched alkanes of at least 4 members (excludes halogenated alkanes) is 1. The van der Waals surface area contributed by atoms with Crippen molar-refractivity contribution in [3.8, 4) is 0 Å². The molecule has 0 aromatic rings. The van der Waals surface area contributed by atoms with Crippen molar-refractivity contribution in [2.45, 2.75) is 51.0 Å². The van der Waals surface area contributed by atoms with Crippen LogP contribution in [0.25, 0.3) is 0 Å². The van der Waals surface area contributed by atoms with Crippen LogP contribution in [0.2, 0.25) is 0 Å². The van der Waals surface area contributed by atoms with Crippen molar-refractivity contribution in [2.24, 2.45) is 0 Å². The zero-order valence-electron chi connectivity index (χ0n) is 10.9. The summed E-state index contributed by atoms with van der Waals surface area (Å²) < 4.78 is 11.5. The summed E-state index contributed by atoms with van der Waals surface area (Å²) >= 11 is 0. The summed E-state index contributed by atoms with van der Waals surface area (Å²) in [4.78, 5) is 0. The zero-order valence-corrected chi connectivity index (χ0v) is 10.9. The summed E-state index contributed by atoms with van der Waals surface area (Å²) in [5, 5.41) is 3.25. The Morgan fingerprint density at radius 2 is 1.88 bits per heavy atom. The third-order valence-corrected chi connectivity index (χ3v) is 3.29. The van der Waals surface area contributed by atoms with Crippen LogP contribution >= 0.6 is 0 Å². The molecule has 0 unspecified atom stereocenters. The molecule has 16 heavy (non-hydrogen) atoms. The van der Waals surface area contributed by atoms with E-state index in [0.717, 1.165) is 32.8 Å². The Hall–Kier alpha value is -0.120. The molecule has 0 spiro atoms. The molecule has 0 heterocycles. The van der Waals surface area contributed by atoms with E-state index in [1.54, 1.807) is 0 Å². The maximum atomic E-state index is 6.02. The van der Waals surface area contributed by atoms with Crippen LogP contribution in [0.5, 0.6) is 0 Å². The monoisotopic (exact) mass is 229 g/mol. The van der Waals surface area contributed by atoms with Crippen molar-refractivity contribution >= 4 is 0 Å². The molecule has 96 valence electrons. The molecule has 1 aliphatic rings. The van der Waals surface area contributed by atoms with Crippen molar-refractivity contribution in [1.29, 1.82) is 0 Å². The van der Waals surface area contributed by atoms with Crippen molar-refractivity contribution in [3.63, 3.8) is 0 Å². The van der Waals surface area contributed by atoms with Gasteiger partial charge >= 0.3 is 0 Å². The quantitative estimate of drug-likeness (QED) is 0.616. The molecule has 1 N–H and O–H groups in total. The Kier molecular flexibility index (Phi) is 7.01. The highest BCUT2D eigenvalue weighted by Crippen LogP contribution is 2.32. The number of likely N-dealkylation sites (N-methyl/N-ethyl adjacent to an activating group) is 1. The van der Waals surface area contributed by atoms with Crippen LogP contribution in [0.1, 0.15) is 45.4 Å². The molecule has 1 rings (SSSR count). The molecule has 1 aliphatic carbocycles. The summed E-state index contributed by atoms with van der Waals surface area (Å²) in [5.74, 6) is 0. The largest absolute Gasteiger partial charge is 0.379 e. The zero-order chi connectivity index (χ0) is 11.7. The first-order chi connectivity index (χ1) is 7.83. The van der Waals surface area contributed by atoms with Crippen molar-refractivity contribution < 1.29 is 9.47 Å². The maximum absolute atomic E-state index is 6.02. The van der Waals surface area contributed by atoms with Gasteiger partial charge in [0.1, 0.15) is 0 Å². The molecule has 0 amide bonds. The molecule has 0 radical (unpaired) electrons. The van der Waals surface area contributed by atoms with Gasteiger partial charge in [-0.25, -0.2) is 0 Å². The number of hydrogen-bond donors (Lipinski definition) is 1. The van der Waals surface area contributed by atoms with Crippen LogP contribution in [0.3, 0.4) is 0 Å². The minimum atomic E-state index is 0.100. The molecule has 0 bridgehead atoms. The number of rotatable bonds is 9. The molecule has 3 heteroatoms. The minimum Gasteiger partial charge on any atom is -0.379 e. The fraction of sp³-hybridized carbons (Fsp3) is 1.00. The molecule has 0 aromatic heterocycles. The minimum absolute atomic E-state index is 0.100. The van der Waals surface area contributed by atoms with E-state index >= 15 is 0 Å². The summed E-state index contributed by atoms with van der Waals surface area (Å²) in [5.41, 5.74) is 0.100. The van der Waals surface area contributed by atoms with Crippen molar-refractivity contribution in [3.05, 3.63) is 0 Å². The van der Waals surface area contributed by atoms with Gasteiger partial charge in [-0.3, -0.25) is 0 Å². The number of ether oxygens (including phenoxy) is 2. The van der Waals surface area contributed by atoms with Gasteiger partial charge in [0.2, 0.25) is 0 Å². The fourth-order valence-electron chi connectivity index (χ4n) is 2.38. The van der Waals surface area contributed by atoms with E-state index in [4.69, 9.17) is 9.47 Å². The highest BCUT2D eigenvalue weighted by molar-refractivity contribution is 4.88. The van der Waals surface area contributed by atoms with E-state index < -0.39 is 0 Å². The second-order valence-electron chi connectivity index (χ2n) is 4.73. The second-order valence-corrected chi connectivity index (χ2v) is 4.73. The van der Waals surface area contributed by atoms with E-state index in [0.29, 0.717) is 0 Å². The predicted molar refractivity (Wildman–Crippen MR) is 66.8 cm³/mol. The summed E-state index contributed by atoms with van der Waals surface area (Å²) in [6, 6.07) is 0. The smallest absolute Gasteiger partial charge is 0.0807 e. The van der Waals surface area contributed by atoms with E-state index in [9.17, 15) is 0 Å². The van der Waals surface area contributed by atoms with Crippen molar-refractivity contribution in [1.82, 2.24) is 5.32 Å². The number of hydrogen-bond acceptors (Lipinski definition) is 3. The fourth-order valence-corrected chi connectivity index (χ4v) is 2.38. The summed E-state index contributed by atoms with van der Waals surface area (Å²) in [6.45, 7) is 5.51. The average Bonchev–Trinajstić information content (AvgIpc) is 2.73. The van der Waals surface area contributed by atoms with Gasteiger partial charge in [0, 0.05) is 13.2 Å². The van der Waals surface area contributed by atoms with Crippen LogP contribution < -0.4 is 5.32 Å². The van der Waals surface area contributed by atoms with E-state index in [2.05, 4.69) is 12.2 Å². The first kappa shape index (κ1) is 13.9. The van der Waals surface area contributed by atoms with Gasteiger partial charge in [-0.05, 0) is 26.3 Å². The molecule has 0 saturated heterocycles. The Balaban J connectivity index is 2.08. The average molecular weight is 229 g/mol. The van der Waals surface area contributed by atoms with Gasteiger partial charge < -0.3 is 14.8 Å². The molecule has 0 aliphatic heterocycles. The van der Waals surface area contributed by atoms with Gasteiger partial charge in [0.15, 0.2) is 0 Å². The molecule has 1 fully saturated rings. The first-order valence-electron chi connectivity index (χ1n) is 6.69. The van der Waals surface area contributed by atoms with Gasteiger partial charge in [-0.1, -0.05) is 26.2 Å². The van der Waals surface area contributed by atoms with Crippen molar-refractivity contribution in [2.75, 3.05) is 33.4 Å². The van der Waals surface area contributed by atoms with E-state index in [1.165, 1.54) is 32.1 Å². The van der Waals surface area contributed by atoms with Crippen LogP contribution in [-0.4, -0.2) is 39.0 Å². The lowest BCUT2D eigenvalue weighted by atomic mass is 10.0. The Morgan fingerprint density at radius 3 is 2.50 bits per heavy atom. The highest BCUT2D eigenvalue weighted by Gasteiger charge is 2.33. The Bertz CT molecular complexity index is 167. The Labute approximate surface area is 99.9 Å². The van der Waals surface area contributed by atoms with E-state index in [-0.39, 0.29) is 5.60 Å². The molecule has 0 atom stereocenters. The van der Waals surface area contributed by atoms with E-state index in [1.807, 2.05) is 7.05 Å². The highest BCUT2D eigenvalue weighted by atomic mass is 16.5. The predicted octanol–water partition coefficient (Wildman–Crippen LogP) is 2.35. The number of nitrogens with one attached hydrogen (secondary N) is 1. The van der Waals surface area contributed by atoms with Crippen LogP contribution in [0.4, 0.5) is 0 Å². The van der Waals surface area contributed by atoms with Crippen LogP contribution in [0.15, 0.2) is 0 Å². The SMILES string of the molecule is CCCCOCCOC1(CNC)CCCC1. The lowest BCUT2D eigenvalue weighted by Crippen LogP contribution is -2.40. The second kappa shape index (κ2) is 8.04. The van der Waals surface area contributed by atoms with Crippen LogP contribution in [-0.2, 0) is 9.47 Å². The molecule has 1 saturated carbocycles. The van der Waals surface area contributed by atoms with Gasteiger partial charge in [0.05, 0.1) is 18.8 Å². The normalized spacial score (nSPS) is 19.1. The lowest BCUT2D eigenvalue weighted by Gasteiger charge is -2.29. The van der Waals surface area contributed by atoms with Crippen LogP contribution in [0, 0.1) is 0 Å². The van der Waals surface area contributed by atoms with Gasteiger partial charge in [-0.15, -0.1) is 0 Å². The maximum Gasteiger partial charge on any atom is 0.0807 e. The van der Waals surface area contributed by atoms with Gasteiger partial charge in [-0.2, -0.15) is 0 Å². The molecular formula is C13H27NO2. The topological polar surface area (TPSA) is 30.5 Å². The standard InChI is InChI=1S/C13H27NO2/c1-3-4-9-15-10-11-16-13(12-14-2)7-5-6-8-13/h14H,3-12H2,1-2H3. The Morgan fingerprint density at radius 1 is 1.12 bits per heavy atom. The molecule has 0 aromatic carbocycles.